The second-order valence-corrected chi connectivity index (χ2v) is 6.77. The van der Waals surface area contributed by atoms with Crippen LogP contribution in [0.5, 0.6) is 0 Å². The van der Waals surface area contributed by atoms with Crippen LogP contribution in [-0.2, 0) is 5.75 Å². The van der Waals surface area contributed by atoms with Crippen LogP contribution >= 0.6 is 11.8 Å². The summed E-state index contributed by atoms with van der Waals surface area (Å²) in [5, 5.41) is 3.30. The van der Waals surface area contributed by atoms with Crippen LogP contribution in [-0.4, -0.2) is 36.7 Å². The summed E-state index contributed by atoms with van der Waals surface area (Å²) in [6, 6.07) is 14.1. The maximum Gasteiger partial charge on any atom is 0.254 e. The maximum absolute atomic E-state index is 13.6. The number of rotatable bonds is 4. The quantitative estimate of drug-likeness (QED) is 0.922. The van der Waals surface area contributed by atoms with Crippen LogP contribution in [0.4, 0.5) is 4.39 Å². The van der Waals surface area contributed by atoms with Gasteiger partial charge < -0.3 is 10.2 Å². The Hall–Kier alpha value is -1.85. The maximum atomic E-state index is 13.6. The van der Waals surface area contributed by atoms with Gasteiger partial charge in [-0.25, -0.2) is 4.39 Å². The molecule has 1 unspecified atom stereocenters. The Morgan fingerprint density at radius 1 is 1.29 bits per heavy atom. The molecule has 1 aliphatic rings. The van der Waals surface area contributed by atoms with Crippen LogP contribution in [0.15, 0.2) is 48.5 Å². The van der Waals surface area contributed by atoms with E-state index in [1.54, 1.807) is 17.8 Å². The fourth-order valence-corrected chi connectivity index (χ4v) is 3.56. The molecule has 2 aromatic rings. The molecule has 0 bridgehead atoms. The highest BCUT2D eigenvalue weighted by atomic mass is 32.2. The van der Waals surface area contributed by atoms with Gasteiger partial charge in [0, 0.05) is 31.0 Å². The van der Waals surface area contributed by atoms with Crippen molar-refractivity contribution in [3.63, 3.8) is 0 Å². The molecule has 24 heavy (non-hydrogen) atoms. The van der Waals surface area contributed by atoms with Crippen LogP contribution in [0.25, 0.3) is 0 Å². The zero-order valence-corrected chi connectivity index (χ0v) is 14.5. The third-order valence-corrected chi connectivity index (χ3v) is 4.87. The summed E-state index contributed by atoms with van der Waals surface area (Å²) in [7, 11) is 0. The average molecular weight is 344 g/mol. The summed E-state index contributed by atoms with van der Waals surface area (Å²) in [5.41, 5.74) is 2.72. The Bertz CT molecular complexity index is 705. The highest BCUT2D eigenvalue weighted by molar-refractivity contribution is 7.97. The van der Waals surface area contributed by atoms with Gasteiger partial charge in [-0.3, -0.25) is 4.79 Å². The molecule has 3 rings (SSSR count). The predicted octanol–water partition coefficient (Wildman–Crippen LogP) is 3.48. The average Bonchev–Trinajstić information content (AvgIpc) is 2.62. The molecule has 1 fully saturated rings. The van der Waals surface area contributed by atoms with Gasteiger partial charge in [-0.15, -0.1) is 0 Å². The lowest BCUT2D eigenvalue weighted by atomic mass is 10.0. The van der Waals surface area contributed by atoms with Gasteiger partial charge >= 0.3 is 0 Å². The van der Waals surface area contributed by atoms with E-state index in [-0.39, 0.29) is 17.8 Å². The largest absolute Gasteiger partial charge is 0.329 e. The first-order valence-electron chi connectivity index (χ1n) is 8.04. The molecule has 5 heteroatoms. The molecule has 3 nitrogen and oxygen atoms in total. The van der Waals surface area contributed by atoms with E-state index in [1.165, 1.54) is 17.7 Å². The number of hydrogen-bond donors (Lipinski definition) is 1. The first kappa shape index (κ1) is 17.0. The topological polar surface area (TPSA) is 32.3 Å². The van der Waals surface area contributed by atoms with Gasteiger partial charge in [0.05, 0.1) is 6.04 Å². The van der Waals surface area contributed by atoms with E-state index in [9.17, 15) is 9.18 Å². The zero-order chi connectivity index (χ0) is 16.9. The minimum absolute atomic E-state index is 0.00135. The molecule has 0 spiro atoms. The van der Waals surface area contributed by atoms with Gasteiger partial charge in [0.25, 0.3) is 5.91 Å². The fraction of sp³-hybridized carbons (Fsp3) is 0.316. The second-order valence-electron chi connectivity index (χ2n) is 5.90. The molecule has 0 aromatic heterocycles. The monoisotopic (exact) mass is 344 g/mol. The minimum Gasteiger partial charge on any atom is -0.329 e. The summed E-state index contributed by atoms with van der Waals surface area (Å²) >= 11 is 1.76. The van der Waals surface area contributed by atoms with Gasteiger partial charge in [0.15, 0.2) is 0 Å². The van der Waals surface area contributed by atoms with Crippen molar-refractivity contribution in [2.75, 3.05) is 25.9 Å². The van der Waals surface area contributed by atoms with Crippen LogP contribution < -0.4 is 5.32 Å². The van der Waals surface area contributed by atoms with Gasteiger partial charge in [-0.05, 0) is 41.6 Å². The molecular formula is C19H21FN2OS. The molecule has 0 saturated carbocycles. The normalized spacial score (nSPS) is 17.8. The molecule has 2 aromatic carbocycles. The first-order valence-corrected chi connectivity index (χ1v) is 9.43. The lowest BCUT2D eigenvalue weighted by Crippen LogP contribution is -2.48. The number of nitrogens with one attached hydrogen (secondary N) is 1. The van der Waals surface area contributed by atoms with Gasteiger partial charge in [0.2, 0.25) is 0 Å². The number of nitrogens with zero attached hydrogens (tertiary/aromatic N) is 1. The number of carbonyl (C=O) groups excluding carboxylic acids is 1. The third kappa shape index (κ3) is 3.79. The zero-order valence-electron chi connectivity index (χ0n) is 13.7. The molecule has 1 amide bonds. The lowest BCUT2D eigenvalue weighted by Gasteiger charge is -2.36. The number of piperazine rings is 1. The summed E-state index contributed by atoms with van der Waals surface area (Å²) < 4.78 is 13.6. The molecule has 1 aliphatic heterocycles. The summed E-state index contributed by atoms with van der Waals surface area (Å²) in [4.78, 5) is 14.8. The fourth-order valence-electron chi connectivity index (χ4n) is 3.04. The molecule has 1 N–H and O–H groups in total. The number of amides is 1. The molecule has 126 valence electrons. The second kappa shape index (κ2) is 7.81. The molecular weight excluding hydrogens is 323 g/mol. The summed E-state index contributed by atoms with van der Waals surface area (Å²) in [6.45, 7) is 2.01. The van der Waals surface area contributed by atoms with E-state index in [2.05, 4.69) is 11.6 Å². The standard InChI is InChI=1S/C19H21FN2OS/c1-24-13-14-5-7-15(8-6-14)19(23)22-10-9-21-12-18(22)16-3-2-4-17(20)11-16/h2-8,11,18,21H,9-10,12-13H2,1H3. The van der Waals surface area contributed by atoms with Crippen molar-refractivity contribution in [1.29, 1.82) is 0 Å². The van der Waals surface area contributed by atoms with E-state index in [1.807, 2.05) is 35.2 Å². The Labute approximate surface area is 146 Å². The van der Waals surface area contributed by atoms with Crippen molar-refractivity contribution in [2.24, 2.45) is 0 Å². The Kier molecular flexibility index (Phi) is 5.53. The van der Waals surface area contributed by atoms with Crippen LogP contribution in [0, 0.1) is 5.82 Å². The van der Waals surface area contributed by atoms with E-state index < -0.39 is 0 Å². The lowest BCUT2D eigenvalue weighted by molar-refractivity contribution is 0.0634. The molecule has 1 atom stereocenters. The SMILES string of the molecule is CSCc1ccc(C(=O)N2CCNCC2c2cccc(F)c2)cc1. The van der Waals surface area contributed by atoms with Crippen molar-refractivity contribution in [2.45, 2.75) is 11.8 Å². The van der Waals surface area contributed by atoms with Crippen LogP contribution in [0.2, 0.25) is 0 Å². The van der Waals surface area contributed by atoms with Crippen molar-refractivity contribution in [3.05, 3.63) is 71.0 Å². The van der Waals surface area contributed by atoms with E-state index in [0.29, 0.717) is 18.7 Å². The van der Waals surface area contributed by atoms with Gasteiger partial charge in [-0.1, -0.05) is 24.3 Å². The number of halogens is 1. The Morgan fingerprint density at radius 2 is 2.08 bits per heavy atom. The highest BCUT2D eigenvalue weighted by Crippen LogP contribution is 2.25. The van der Waals surface area contributed by atoms with Gasteiger partial charge in [0.1, 0.15) is 5.82 Å². The minimum atomic E-state index is -0.271. The molecule has 1 saturated heterocycles. The number of hydrogen-bond acceptors (Lipinski definition) is 3. The van der Waals surface area contributed by atoms with Gasteiger partial charge in [-0.2, -0.15) is 11.8 Å². The number of benzene rings is 2. The molecule has 0 aliphatic carbocycles. The van der Waals surface area contributed by atoms with E-state index in [4.69, 9.17) is 0 Å². The molecule has 0 radical (unpaired) electrons. The smallest absolute Gasteiger partial charge is 0.254 e. The van der Waals surface area contributed by atoms with Crippen LogP contribution in [0.1, 0.15) is 27.5 Å². The first-order chi connectivity index (χ1) is 11.7. The Balaban J connectivity index is 1.83. The van der Waals surface area contributed by atoms with Crippen molar-refractivity contribution >= 4 is 17.7 Å². The van der Waals surface area contributed by atoms with Crippen molar-refractivity contribution in [3.8, 4) is 0 Å². The van der Waals surface area contributed by atoms with Crippen molar-refractivity contribution in [1.82, 2.24) is 10.2 Å². The van der Waals surface area contributed by atoms with Crippen LogP contribution in [0.3, 0.4) is 0 Å². The predicted molar refractivity (Wildman–Crippen MR) is 96.7 cm³/mol. The van der Waals surface area contributed by atoms with Crippen molar-refractivity contribution < 1.29 is 9.18 Å². The third-order valence-electron chi connectivity index (χ3n) is 4.25. The number of carbonyl (C=O) groups is 1. The molecule has 1 heterocycles. The Morgan fingerprint density at radius 3 is 2.79 bits per heavy atom. The highest BCUT2D eigenvalue weighted by Gasteiger charge is 2.28. The van der Waals surface area contributed by atoms with E-state index in [0.717, 1.165) is 17.9 Å². The summed E-state index contributed by atoms with van der Waals surface area (Å²) in [6.07, 6.45) is 2.06. The summed E-state index contributed by atoms with van der Waals surface area (Å²) in [5.74, 6) is 0.668. The number of thioether (sulfide) groups is 1. The van der Waals surface area contributed by atoms with E-state index >= 15 is 0 Å².